The summed E-state index contributed by atoms with van der Waals surface area (Å²) in [6.45, 7) is 7.89. The van der Waals surface area contributed by atoms with Gasteiger partial charge in [0, 0.05) is 0 Å². The summed E-state index contributed by atoms with van der Waals surface area (Å²) in [5.41, 5.74) is 2.45. The molecule has 0 nitrogen and oxygen atoms in total. The molecule has 2 rings (SSSR count). The van der Waals surface area contributed by atoms with E-state index in [4.69, 9.17) is 0 Å². The second-order valence-electron chi connectivity index (χ2n) is 2.92. The van der Waals surface area contributed by atoms with Crippen LogP contribution in [-0.4, -0.2) is 0 Å². The molecule has 0 fully saturated rings. The molecule has 58 valence electrons. The van der Waals surface area contributed by atoms with Crippen molar-refractivity contribution in [3.05, 3.63) is 52.4 Å². The van der Waals surface area contributed by atoms with Crippen LogP contribution in [0.1, 0.15) is 5.56 Å². The van der Waals surface area contributed by atoms with Crippen LogP contribution in [0, 0.1) is 0 Å². The smallest absolute Gasteiger partial charge is 0.0112 e. The zero-order chi connectivity index (χ0) is 8.55. The van der Waals surface area contributed by atoms with Crippen LogP contribution >= 0.6 is 0 Å². The molecule has 0 aliphatic heterocycles. The first-order valence-electron chi connectivity index (χ1n) is 3.95. The summed E-state index contributed by atoms with van der Waals surface area (Å²) in [6.07, 6.45) is 6.21. The van der Waals surface area contributed by atoms with E-state index in [1.807, 2.05) is 18.2 Å². The highest BCUT2D eigenvalue weighted by Crippen LogP contribution is 2.17. The predicted octanol–water partition coefficient (Wildman–Crippen LogP) is 1.46. The average molecular weight is 154 g/mol. The van der Waals surface area contributed by atoms with Gasteiger partial charge in [0.1, 0.15) is 0 Å². The van der Waals surface area contributed by atoms with Crippen LogP contribution in [0.3, 0.4) is 0 Å². The lowest BCUT2D eigenvalue weighted by atomic mass is 9.97. The van der Waals surface area contributed by atoms with Crippen molar-refractivity contribution < 1.29 is 0 Å². The van der Waals surface area contributed by atoms with Gasteiger partial charge in [-0.1, -0.05) is 49.6 Å². The van der Waals surface area contributed by atoms with Crippen LogP contribution in [0.2, 0.25) is 0 Å². The van der Waals surface area contributed by atoms with Crippen LogP contribution < -0.4 is 10.4 Å². The van der Waals surface area contributed by atoms with E-state index in [2.05, 4.69) is 31.4 Å². The molecule has 0 unspecified atom stereocenters. The maximum Gasteiger partial charge on any atom is -0.0112 e. The molecule has 0 spiro atoms. The van der Waals surface area contributed by atoms with Crippen molar-refractivity contribution in [1.82, 2.24) is 0 Å². The fourth-order valence-electron chi connectivity index (χ4n) is 1.28. The zero-order valence-corrected chi connectivity index (χ0v) is 6.88. The Balaban J connectivity index is 2.66. The van der Waals surface area contributed by atoms with Gasteiger partial charge in [0.2, 0.25) is 0 Å². The van der Waals surface area contributed by atoms with Crippen molar-refractivity contribution in [1.29, 1.82) is 0 Å². The molecule has 0 atom stereocenters. The fourth-order valence-corrected chi connectivity index (χ4v) is 1.28. The number of hydrogen-bond acceptors (Lipinski definition) is 0. The van der Waals surface area contributed by atoms with Gasteiger partial charge >= 0.3 is 0 Å². The quantitative estimate of drug-likeness (QED) is 0.574. The molecule has 1 aromatic carbocycles. The van der Waals surface area contributed by atoms with Gasteiger partial charge in [0.05, 0.1) is 0 Å². The zero-order valence-electron chi connectivity index (χ0n) is 6.88. The average Bonchev–Trinajstić information content (AvgIpc) is 1.95. The molecule has 0 aromatic heterocycles. The molecular weight excluding hydrogens is 144 g/mol. The maximum absolute atomic E-state index is 3.99. The summed E-state index contributed by atoms with van der Waals surface area (Å²) < 4.78 is 0. The van der Waals surface area contributed by atoms with E-state index in [-0.39, 0.29) is 0 Å². The fraction of sp³-hybridized carbons (Fsp3) is 0. The monoisotopic (exact) mass is 154 g/mol. The number of benzene rings is 1. The van der Waals surface area contributed by atoms with Gasteiger partial charge in [-0.15, -0.1) is 0 Å². The Morgan fingerprint density at radius 1 is 1.08 bits per heavy atom. The minimum atomic E-state index is 1.01. The van der Waals surface area contributed by atoms with Crippen LogP contribution in [0.4, 0.5) is 0 Å². The molecule has 0 saturated carbocycles. The van der Waals surface area contributed by atoms with E-state index in [0.717, 1.165) is 10.4 Å². The third kappa shape index (κ3) is 0.928. The topological polar surface area (TPSA) is 0 Å². The molecule has 0 saturated heterocycles. The van der Waals surface area contributed by atoms with E-state index in [1.54, 1.807) is 0 Å². The van der Waals surface area contributed by atoms with E-state index in [9.17, 15) is 0 Å². The van der Waals surface area contributed by atoms with Gasteiger partial charge < -0.3 is 0 Å². The first-order chi connectivity index (χ1) is 5.79. The van der Waals surface area contributed by atoms with Crippen LogP contribution in [0.15, 0.2) is 36.4 Å². The predicted molar refractivity (Wildman–Crippen MR) is 53.9 cm³/mol. The van der Waals surface area contributed by atoms with Crippen molar-refractivity contribution in [3.63, 3.8) is 0 Å². The van der Waals surface area contributed by atoms with Crippen molar-refractivity contribution in [2.45, 2.75) is 0 Å². The Hall–Kier alpha value is -1.56. The first kappa shape index (κ1) is 7.11. The van der Waals surface area contributed by atoms with Gasteiger partial charge in [-0.25, -0.2) is 0 Å². The highest BCUT2D eigenvalue weighted by Gasteiger charge is 2.01. The van der Waals surface area contributed by atoms with Crippen molar-refractivity contribution in [2.75, 3.05) is 0 Å². The highest BCUT2D eigenvalue weighted by molar-refractivity contribution is 5.81. The summed E-state index contributed by atoms with van der Waals surface area (Å²) >= 11 is 0. The summed E-state index contributed by atoms with van der Waals surface area (Å²) in [7, 11) is 0. The van der Waals surface area contributed by atoms with Crippen LogP contribution in [0.5, 0.6) is 0 Å². The third-order valence-electron chi connectivity index (χ3n) is 2.14. The molecule has 0 amide bonds. The second-order valence-corrected chi connectivity index (χ2v) is 2.92. The lowest BCUT2D eigenvalue weighted by molar-refractivity contribution is 1.48. The molecule has 0 radical (unpaired) electrons. The number of allylic oxidation sites excluding steroid dienone is 4. The summed E-state index contributed by atoms with van der Waals surface area (Å²) in [5.74, 6) is 0. The second kappa shape index (κ2) is 2.49. The van der Waals surface area contributed by atoms with E-state index in [0.29, 0.717) is 0 Å². The molecule has 0 heterocycles. The van der Waals surface area contributed by atoms with E-state index >= 15 is 0 Å². The molecule has 1 aliphatic rings. The minimum Gasteiger partial charge on any atom is -0.0912 e. The Kier molecular flexibility index (Phi) is 1.47. The maximum atomic E-state index is 3.99. The Bertz CT molecular complexity index is 461. The van der Waals surface area contributed by atoms with E-state index in [1.165, 1.54) is 11.1 Å². The van der Waals surface area contributed by atoms with E-state index < -0.39 is 0 Å². The minimum absolute atomic E-state index is 1.01. The molecule has 1 aromatic rings. The third-order valence-corrected chi connectivity index (χ3v) is 2.14. The van der Waals surface area contributed by atoms with Crippen molar-refractivity contribution >= 4 is 18.7 Å². The first-order valence-corrected chi connectivity index (χ1v) is 3.95. The molecular formula is C12H10. The summed E-state index contributed by atoms with van der Waals surface area (Å²) in [6, 6.07) is 6.07. The molecule has 1 aliphatic carbocycles. The largest absolute Gasteiger partial charge is 0.0912 e. The lowest BCUT2D eigenvalue weighted by Gasteiger charge is -2.07. The Morgan fingerprint density at radius 2 is 1.83 bits per heavy atom. The van der Waals surface area contributed by atoms with Crippen LogP contribution in [-0.2, 0) is 0 Å². The Morgan fingerprint density at radius 3 is 2.42 bits per heavy atom. The molecule has 0 heteroatoms. The van der Waals surface area contributed by atoms with Gasteiger partial charge in [0.15, 0.2) is 0 Å². The Labute approximate surface area is 71.9 Å². The number of rotatable bonds is 1. The van der Waals surface area contributed by atoms with Crippen molar-refractivity contribution in [3.8, 4) is 0 Å². The van der Waals surface area contributed by atoms with Crippen molar-refractivity contribution in [2.24, 2.45) is 0 Å². The van der Waals surface area contributed by atoms with Gasteiger partial charge in [-0.05, 0) is 21.6 Å². The SMILES string of the molecule is C=c1cccc(C2=CC=C2)c1=C. The number of hydrogen-bond donors (Lipinski definition) is 0. The highest BCUT2D eigenvalue weighted by atomic mass is 14.1. The standard InChI is InChI=1S/C12H10/c1-9-5-3-8-12(10(9)2)11-6-4-7-11/h3-8H,1-2H2. The van der Waals surface area contributed by atoms with Gasteiger partial charge in [-0.2, -0.15) is 0 Å². The van der Waals surface area contributed by atoms with Gasteiger partial charge in [0.25, 0.3) is 0 Å². The molecule has 12 heavy (non-hydrogen) atoms. The molecule has 0 N–H and O–H groups in total. The summed E-state index contributed by atoms with van der Waals surface area (Å²) in [4.78, 5) is 0. The van der Waals surface area contributed by atoms with Crippen LogP contribution in [0.25, 0.3) is 18.7 Å². The molecule has 0 bridgehead atoms. The van der Waals surface area contributed by atoms with Gasteiger partial charge in [-0.3, -0.25) is 0 Å². The lowest BCUT2D eigenvalue weighted by Crippen LogP contribution is -2.25. The summed E-state index contributed by atoms with van der Waals surface area (Å²) in [5, 5.41) is 2.04. The normalized spacial score (nSPS) is 13.8.